The Morgan fingerprint density at radius 2 is 1.88 bits per heavy atom. The molecule has 0 radical (unpaired) electrons. The van der Waals surface area contributed by atoms with E-state index < -0.39 is 11.7 Å². The summed E-state index contributed by atoms with van der Waals surface area (Å²) in [4.78, 5) is 36.4. The van der Waals surface area contributed by atoms with Crippen molar-refractivity contribution in [1.82, 2.24) is 9.88 Å². The fourth-order valence-corrected chi connectivity index (χ4v) is 6.02. The maximum Gasteiger partial charge on any atom is 0.256 e. The standard InChI is InChI=1S/C32H39FN6O3/c1-3-23-20-38(32(41)26-9-8-24(17-28(26)33)37-13-11-21(18-34)19-37)14-15-39(23)29-10-7-22(16-27(29)30(35)40)25-6-5-12-36-31(25)42-4-2/h5-10,12,16-17,21,23H,3-4,11,13-15,18-20,34H2,1-2H3,(H2,35,40)/t21?,23-/m1/s1. The zero-order valence-electron chi connectivity index (χ0n) is 24.3. The van der Waals surface area contributed by atoms with Crippen molar-refractivity contribution in [2.24, 2.45) is 17.4 Å². The molecule has 1 aromatic heterocycles. The highest BCUT2D eigenvalue weighted by Crippen LogP contribution is 2.34. The molecule has 2 saturated heterocycles. The molecule has 42 heavy (non-hydrogen) atoms. The van der Waals surface area contributed by atoms with Crippen LogP contribution in [0, 0.1) is 11.7 Å². The average Bonchev–Trinajstić information content (AvgIpc) is 3.50. The Bertz CT molecular complexity index is 1450. The first-order chi connectivity index (χ1) is 20.3. The lowest BCUT2D eigenvalue weighted by Gasteiger charge is -2.43. The second-order valence-electron chi connectivity index (χ2n) is 10.9. The van der Waals surface area contributed by atoms with Crippen LogP contribution in [0.1, 0.15) is 47.4 Å². The molecule has 222 valence electrons. The first kappa shape index (κ1) is 29.3. The maximum absolute atomic E-state index is 15.2. The molecule has 5 rings (SSSR count). The minimum atomic E-state index is -0.542. The monoisotopic (exact) mass is 574 g/mol. The van der Waals surface area contributed by atoms with Crippen LogP contribution in [0.3, 0.4) is 0 Å². The number of aromatic nitrogens is 1. The molecule has 2 aromatic carbocycles. The topological polar surface area (TPSA) is 118 Å². The van der Waals surface area contributed by atoms with Crippen LogP contribution in [0.5, 0.6) is 5.88 Å². The summed E-state index contributed by atoms with van der Waals surface area (Å²) in [6, 6.07) is 14.1. The van der Waals surface area contributed by atoms with Crippen molar-refractivity contribution in [2.75, 3.05) is 55.7 Å². The molecule has 2 atom stereocenters. The summed E-state index contributed by atoms with van der Waals surface area (Å²) in [6.45, 7) is 7.91. The molecule has 3 aromatic rings. The number of benzene rings is 2. The van der Waals surface area contributed by atoms with Gasteiger partial charge in [-0.05, 0) is 80.3 Å². The van der Waals surface area contributed by atoms with Crippen molar-refractivity contribution in [3.63, 3.8) is 0 Å². The van der Waals surface area contributed by atoms with Gasteiger partial charge in [-0.25, -0.2) is 9.37 Å². The molecule has 3 heterocycles. The Kier molecular flexibility index (Phi) is 8.91. The van der Waals surface area contributed by atoms with Gasteiger partial charge in [0.05, 0.1) is 17.7 Å². The molecule has 2 aliphatic heterocycles. The van der Waals surface area contributed by atoms with Crippen molar-refractivity contribution in [3.8, 4) is 17.0 Å². The lowest BCUT2D eigenvalue weighted by molar-refractivity contribution is 0.0715. The molecule has 0 saturated carbocycles. The Hall–Kier alpha value is -4.18. The van der Waals surface area contributed by atoms with Gasteiger partial charge < -0.3 is 30.9 Å². The summed E-state index contributed by atoms with van der Waals surface area (Å²) < 4.78 is 20.9. The van der Waals surface area contributed by atoms with Crippen molar-refractivity contribution in [1.29, 1.82) is 0 Å². The number of pyridine rings is 1. The fourth-order valence-electron chi connectivity index (χ4n) is 6.02. The molecule has 0 bridgehead atoms. The summed E-state index contributed by atoms with van der Waals surface area (Å²) in [6.07, 6.45) is 3.37. The van der Waals surface area contributed by atoms with Crippen LogP contribution in [0.2, 0.25) is 0 Å². The number of halogens is 1. The van der Waals surface area contributed by atoms with Gasteiger partial charge >= 0.3 is 0 Å². The zero-order chi connectivity index (χ0) is 29.8. The van der Waals surface area contributed by atoms with Gasteiger partial charge in [0.1, 0.15) is 5.82 Å². The number of rotatable bonds is 9. The van der Waals surface area contributed by atoms with Crippen LogP contribution >= 0.6 is 0 Å². The van der Waals surface area contributed by atoms with Crippen LogP contribution in [-0.4, -0.2) is 73.6 Å². The Morgan fingerprint density at radius 1 is 1.05 bits per heavy atom. The van der Waals surface area contributed by atoms with E-state index in [1.54, 1.807) is 23.2 Å². The van der Waals surface area contributed by atoms with Gasteiger partial charge in [0.25, 0.3) is 11.8 Å². The van der Waals surface area contributed by atoms with E-state index in [1.807, 2.05) is 44.2 Å². The van der Waals surface area contributed by atoms with E-state index >= 15 is 4.39 Å². The number of nitrogens with two attached hydrogens (primary N) is 2. The largest absolute Gasteiger partial charge is 0.478 e. The third-order valence-electron chi connectivity index (χ3n) is 8.34. The van der Waals surface area contributed by atoms with Crippen molar-refractivity contribution >= 4 is 23.2 Å². The van der Waals surface area contributed by atoms with Crippen LogP contribution in [0.4, 0.5) is 15.8 Å². The number of carbonyl (C=O) groups is 2. The van der Waals surface area contributed by atoms with Crippen molar-refractivity contribution < 1.29 is 18.7 Å². The molecular weight excluding hydrogens is 535 g/mol. The highest BCUT2D eigenvalue weighted by molar-refractivity contribution is 6.00. The summed E-state index contributed by atoms with van der Waals surface area (Å²) in [5.41, 5.74) is 15.2. The normalized spacial score (nSPS) is 18.8. The van der Waals surface area contributed by atoms with E-state index in [4.69, 9.17) is 16.2 Å². The molecule has 0 spiro atoms. The van der Waals surface area contributed by atoms with Crippen LogP contribution < -0.4 is 26.0 Å². The van der Waals surface area contributed by atoms with Gasteiger partial charge in [0.2, 0.25) is 5.88 Å². The van der Waals surface area contributed by atoms with E-state index in [1.165, 1.54) is 6.07 Å². The first-order valence-electron chi connectivity index (χ1n) is 14.7. The quantitative estimate of drug-likeness (QED) is 0.398. The molecule has 1 unspecified atom stereocenters. The van der Waals surface area contributed by atoms with Crippen molar-refractivity contribution in [2.45, 2.75) is 32.7 Å². The first-order valence-corrected chi connectivity index (χ1v) is 14.7. The molecule has 10 heteroatoms. The second kappa shape index (κ2) is 12.8. The number of hydrogen-bond donors (Lipinski definition) is 2. The smallest absolute Gasteiger partial charge is 0.256 e. The number of ether oxygens (including phenoxy) is 1. The number of nitrogens with zero attached hydrogens (tertiary/aromatic N) is 4. The molecule has 2 fully saturated rings. The number of amides is 2. The SMILES string of the molecule is CCOc1ncccc1-c1ccc(N2CCN(C(=O)c3ccc(N4CCC(CN)C4)cc3F)C[C@H]2CC)c(C(N)=O)c1. The Morgan fingerprint density at radius 3 is 2.57 bits per heavy atom. The lowest BCUT2D eigenvalue weighted by Crippen LogP contribution is -2.55. The summed E-state index contributed by atoms with van der Waals surface area (Å²) in [5, 5.41) is 0. The van der Waals surface area contributed by atoms with Gasteiger partial charge in [-0.2, -0.15) is 0 Å². The Labute approximate surface area is 246 Å². The molecule has 2 aliphatic rings. The van der Waals surface area contributed by atoms with E-state index in [9.17, 15) is 9.59 Å². The van der Waals surface area contributed by atoms with Crippen LogP contribution in [-0.2, 0) is 0 Å². The number of carbonyl (C=O) groups excluding carboxylic acids is 2. The maximum atomic E-state index is 15.2. The third kappa shape index (κ3) is 5.90. The van der Waals surface area contributed by atoms with Gasteiger partial charge in [-0.3, -0.25) is 9.59 Å². The highest BCUT2D eigenvalue weighted by atomic mass is 19.1. The Balaban J connectivity index is 1.34. The minimum absolute atomic E-state index is 0.0698. The number of hydrogen-bond acceptors (Lipinski definition) is 7. The van der Waals surface area contributed by atoms with E-state index in [-0.39, 0.29) is 17.5 Å². The summed E-state index contributed by atoms with van der Waals surface area (Å²) >= 11 is 0. The van der Waals surface area contributed by atoms with Gasteiger partial charge in [-0.15, -0.1) is 0 Å². The molecular formula is C32H39FN6O3. The predicted octanol–water partition coefficient (Wildman–Crippen LogP) is 3.91. The van der Waals surface area contributed by atoms with E-state index in [0.29, 0.717) is 55.8 Å². The van der Waals surface area contributed by atoms with E-state index in [2.05, 4.69) is 14.8 Å². The lowest BCUT2D eigenvalue weighted by atomic mass is 9.99. The van der Waals surface area contributed by atoms with Gasteiger partial charge in [-0.1, -0.05) is 13.0 Å². The molecule has 2 amide bonds. The highest BCUT2D eigenvalue weighted by Gasteiger charge is 2.32. The van der Waals surface area contributed by atoms with Crippen LogP contribution in [0.15, 0.2) is 54.7 Å². The van der Waals surface area contributed by atoms with Gasteiger partial charge in [0.15, 0.2) is 0 Å². The predicted molar refractivity (Wildman–Crippen MR) is 162 cm³/mol. The summed E-state index contributed by atoms with van der Waals surface area (Å²) in [7, 11) is 0. The average molecular weight is 575 g/mol. The van der Waals surface area contributed by atoms with Crippen LogP contribution in [0.25, 0.3) is 11.1 Å². The molecule has 9 nitrogen and oxygen atoms in total. The zero-order valence-corrected chi connectivity index (χ0v) is 24.3. The number of anilines is 2. The third-order valence-corrected chi connectivity index (χ3v) is 8.34. The second-order valence-corrected chi connectivity index (χ2v) is 10.9. The number of primary amides is 1. The summed E-state index contributed by atoms with van der Waals surface area (Å²) in [5.74, 6) is -0.491. The minimum Gasteiger partial charge on any atom is -0.478 e. The van der Waals surface area contributed by atoms with Crippen molar-refractivity contribution in [3.05, 3.63) is 71.7 Å². The molecule has 4 N–H and O–H groups in total. The van der Waals surface area contributed by atoms with E-state index in [0.717, 1.165) is 42.7 Å². The molecule has 0 aliphatic carbocycles. The van der Waals surface area contributed by atoms with Gasteiger partial charge in [0, 0.05) is 61.9 Å². The number of piperazine rings is 1. The fraction of sp³-hybridized carbons (Fsp3) is 0.406.